The second-order valence-electron chi connectivity index (χ2n) is 7.69. The normalized spacial score (nSPS) is 14.3. The second-order valence-corrected chi connectivity index (χ2v) is 7.69. The predicted molar refractivity (Wildman–Crippen MR) is 106 cm³/mol. The van der Waals surface area contributed by atoms with Gasteiger partial charge in [0.05, 0.1) is 6.61 Å². The molecular formula is C20H21BF3N3O5. The number of fused-ring (bicyclic) bond motifs is 1. The number of hydrogen-bond donors (Lipinski definition) is 2. The molecule has 0 fully saturated rings. The molecular weight excluding hydrogens is 430 g/mol. The molecule has 1 atom stereocenters. The molecule has 3 rings (SSSR count). The van der Waals surface area contributed by atoms with E-state index in [2.05, 4.69) is 15.3 Å². The van der Waals surface area contributed by atoms with Crippen LogP contribution in [0.3, 0.4) is 0 Å². The van der Waals surface area contributed by atoms with Crippen LogP contribution in [0, 0.1) is 12.8 Å². The average molecular weight is 451 g/mol. The highest BCUT2D eigenvalue weighted by atomic mass is 19.4. The summed E-state index contributed by atoms with van der Waals surface area (Å²) in [5.41, 5.74) is 2.31. The fourth-order valence-electron chi connectivity index (χ4n) is 3.29. The van der Waals surface area contributed by atoms with Gasteiger partial charge in [-0.05, 0) is 35.5 Å². The molecule has 0 saturated heterocycles. The average Bonchev–Trinajstić information content (AvgIpc) is 3.11. The van der Waals surface area contributed by atoms with Gasteiger partial charge in [0.2, 0.25) is 5.82 Å². The van der Waals surface area contributed by atoms with Crippen molar-refractivity contribution in [2.24, 2.45) is 5.92 Å². The van der Waals surface area contributed by atoms with E-state index in [0.717, 1.165) is 18.0 Å². The van der Waals surface area contributed by atoms with Gasteiger partial charge in [0.15, 0.2) is 0 Å². The van der Waals surface area contributed by atoms with Gasteiger partial charge in [-0.1, -0.05) is 19.9 Å². The van der Waals surface area contributed by atoms with Crippen molar-refractivity contribution in [1.29, 1.82) is 0 Å². The van der Waals surface area contributed by atoms with Gasteiger partial charge in [-0.25, -0.2) is 14.8 Å². The summed E-state index contributed by atoms with van der Waals surface area (Å²) in [6.45, 7) is 4.99. The Morgan fingerprint density at radius 1 is 1.28 bits per heavy atom. The zero-order valence-corrected chi connectivity index (χ0v) is 17.6. The number of nitrogens with zero attached hydrogens (tertiary/aromatic N) is 2. The van der Waals surface area contributed by atoms with Crippen LogP contribution >= 0.6 is 0 Å². The Hall–Kier alpha value is -2.99. The SMILES string of the molecule is Cc1c(C(=O)NC(C(=O)OCc2cnc(C(F)(F)F)nc2)C(C)C)ccc2c1B(O)OC2. The number of ether oxygens (including phenoxy) is 1. The molecule has 170 valence electrons. The summed E-state index contributed by atoms with van der Waals surface area (Å²) in [7, 11) is -1.12. The van der Waals surface area contributed by atoms with Crippen molar-refractivity contribution in [3.8, 4) is 0 Å². The van der Waals surface area contributed by atoms with E-state index in [-0.39, 0.29) is 30.3 Å². The third-order valence-corrected chi connectivity index (χ3v) is 5.04. The van der Waals surface area contributed by atoms with E-state index in [4.69, 9.17) is 9.39 Å². The molecule has 1 unspecified atom stereocenters. The van der Waals surface area contributed by atoms with Crippen LogP contribution in [0.25, 0.3) is 0 Å². The first-order chi connectivity index (χ1) is 15.0. The number of carbonyl (C=O) groups excluding carboxylic acids is 2. The van der Waals surface area contributed by atoms with Crippen LogP contribution in [0.1, 0.15) is 46.7 Å². The Morgan fingerprint density at radius 2 is 1.94 bits per heavy atom. The van der Waals surface area contributed by atoms with E-state index in [1.54, 1.807) is 32.9 Å². The molecule has 1 aromatic carbocycles. The van der Waals surface area contributed by atoms with Crippen LogP contribution in [0.15, 0.2) is 24.5 Å². The lowest BCUT2D eigenvalue weighted by Gasteiger charge is -2.22. The van der Waals surface area contributed by atoms with E-state index in [1.807, 2.05) is 0 Å². The largest absolute Gasteiger partial charge is 0.492 e. The molecule has 2 N–H and O–H groups in total. The van der Waals surface area contributed by atoms with Crippen molar-refractivity contribution in [2.45, 2.75) is 46.2 Å². The number of aromatic nitrogens is 2. The predicted octanol–water partition coefficient (Wildman–Crippen LogP) is 1.52. The summed E-state index contributed by atoms with van der Waals surface area (Å²) in [6, 6.07) is 2.26. The molecule has 0 bridgehead atoms. The van der Waals surface area contributed by atoms with Crippen LogP contribution in [0.2, 0.25) is 0 Å². The smallest absolute Gasteiger partial charge is 0.459 e. The van der Waals surface area contributed by atoms with Gasteiger partial charge in [0, 0.05) is 23.5 Å². The molecule has 2 heterocycles. The van der Waals surface area contributed by atoms with Gasteiger partial charge in [0.25, 0.3) is 5.91 Å². The molecule has 2 aromatic rings. The first kappa shape index (κ1) is 23.7. The van der Waals surface area contributed by atoms with Gasteiger partial charge in [-0.15, -0.1) is 0 Å². The van der Waals surface area contributed by atoms with E-state index >= 15 is 0 Å². The highest BCUT2D eigenvalue weighted by Crippen LogP contribution is 2.25. The van der Waals surface area contributed by atoms with Crippen LogP contribution in [0.5, 0.6) is 0 Å². The number of rotatable bonds is 6. The zero-order chi connectivity index (χ0) is 23.6. The van der Waals surface area contributed by atoms with Gasteiger partial charge in [-0.2, -0.15) is 13.2 Å². The molecule has 0 spiro atoms. The van der Waals surface area contributed by atoms with Crippen molar-refractivity contribution < 1.29 is 37.2 Å². The number of hydrogen-bond acceptors (Lipinski definition) is 7. The van der Waals surface area contributed by atoms with E-state index < -0.39 is 37.0 Å². The van der Waals surface area contributed by atoms with Crippen molar-refractivity contribution in [3.05, 3.63) is 52.6 Å². The number of nitrogens with one attached hydrogen (secondary N) is 1. The molecule has 0 saturated carbocycles. The summed E-state index contributed by atoms with van der Waals surface area (Å²) >= 11 is 0. The Kier molecular flexibility index (Phi) is 6.84. The van der Waals surface area contributed by atoms with Gasteiger partial charge in [-0.3, -0.25) is 4.79 Å². The fourth-order valence-corrected chi connectivity index (χ4v) is 3.29. The van der Waals surface area contributed by atoms with Crippen LogP contribution < -0.4 is 10.8 Å². The molecule has 0 aliphatic carbocycles. The Labute approximate surface area is 182 Å². The fraction of sp³-hybridized carbons (Fsp3) is 0.400. The van der Waals surface area contributed by atoms with Crippen molar-refractivity contribution in [3.63, 3.8) is 0 Å². The number of esters is 1. The minimum atomic E-state index is -4.67. The summed E-state index contributed by atoms with van der Waals surface area (Å²) in [5, 5.41) is 12.6. The van der Waals surface area contributed by atoms with Crippen LogP contribution in [-0.4, -0.2) is 40.0 Å². The molecule has 32 heavy (non-hydrogen) atoms. The van der Waals surface area contributed by atoms with Crippen molar-refractivity contribution in [1.82, 2.24) is 15.3 Å². The van der Waals surface area contributed by atoms with E-state index in [1.165, 1.54) is 0 Å². The van der Waals surface area contributed by atoms with Gasteiger partial charge >= 0.3 is 19.3 Å². The topological polar surface area (TPSA) is 111 Å². The maximum absolute atomic E-state index is 12.8. The number of alkyl halides is 3. The first-order valence-corrected chi connectivity index (χ1v) is 9.76. The quantitative estimate of drug-likeness (QED) is 0.506. The first-order valence-electron chi connectivity index (χ1n) is 9.76. The van der Waals surface area contributed by atoms with Crippen molar-refractivity contribution in [2.75, 3.05) is 0 Å². The lowest BCUT2D eigenvalue weighted by molar-refractivity contribution is -0.149. The minimum Gasteiger partial charge on any atom is -0.459 e. The lowest BCUT2D eigenvalue weighted by atomic mass is 9.75. The Bertz CT molecular complexity index is 1010. The zero-order valence-electron chi connectivity index (χ0n) is 17.6. The van der Waals surface area contributed by atoms with Gasteiger partial charge in [0.1, 0.15) is 12.6 Å². The number of halogens is 3. The lowest BCUT2D eigenvalue weighted by Crippen LogP contribution is -2.46. The van der Waals surface area contributed by atoms with Crippen LogP contribution in [0.4, 0.5) is 13.2 Å². The van der Waals surface area contributed by atoms with Gasteiger partial charge < -0.3 is 19.7 Å². The second kappa shape index (κ2) is 9.25. The van der Waals surface area contributed by atoms with E-state index in [9.17, 15) is 27.8 Å². The maximum atomic E-state index is 12.8. The number of carbonyl (C=O) groups is 2. The summed E-state index contributed by atoms with van der Waals surface area (Å²) < 4.78 is 48.0. The van der Waals surface area contributed by atoms with Crippen molar-refractivity contribution >= 4 is 24.5 Å². The minimum absolute atomic E-state index is 0.170. The molecule has 1 amide bonds. The summed E-state index contributed by atoms with van der Waals surface area (Å²) in [4.78, 5) is 31.8. The molecule has 8 nitrogen and oxygen atoms in total. The molecule has 12 heteroatoms. The molecule has 1 aromatic heterocycles. The number of amides is 1. The van der Waals surface area contributed by atoms with E-state index in [0.29, 0.717) is 11.0 Å². The Balaban J connectivity index is 1.67. The third kappa shape index (κ3) is 5.08. The monoisotopic (exact) mass is 451 g/mol. The number of benzene rings is 1. The molecule has 1 aliphatic heterocycles. The summed E-state index contributed by atoms with van der Waals surface area (Å²) in [6.07, 6.45) is -2.82. The molecule has 1 aliphatic rings. The maximum Gasteiger partial charge on any atom is 0.492 e. The molecule has 0 radical (unpaired) electrons. The highest BCUT2D eigenvalue weighted by Gasteiger charge is 2.35. The Morgan fingerprint density at radius 3 is 2.53 bits per heavy atom. The summed E-state index contributed by atoms with van der Waals surface area (Å²) in [5.74, 6) is -2.91. The van der Waals surface area contributed by atoms with Crippen LogP contribution in [-0.2, 0) is 33.6 Å². The highest BCUT2D eigenvalue weighted by molar-refractivity contribution is 6.62. The standard InChI is InChI=1S/C20H21BF3N3O5/c1-10(2)16(18(29)31-8-12-6-25-19(26-7-12)20(22,23)24)27-17(28)14-5-4-13-9-32-21(30)15(13)11(14)3/h4-7,10,16,30H,8-9H2,1-3H3,(H,27,28). The third-order valence-electron chi connectivity index (χ3n) is 5.04.